The van der Waals surface area contributed by atoms with Crippen LogP contribution in [0.15, 0.2) is 28.2 Å². The second-order valence-corrected chi connectivity index (χ2v) is 6.48. The summed E-state index contributed by atoms with van der Waals surface area (Å²) in [5.74, 6) is 3.39. The minimum Gasteiger partial charge on any atom is -0.493 e. The van der Waals surface area contributed by atoms with Gasteiger partial charge in [0.15, 0.2) is 16.7 Å². The number of hydrogen-bond donors (Lipinski definition) is 2. The van der Waals surface area contributed by atoms with Crippen molar-refractivity contribution < 1.29 is 14.3 Å². The van der Waals surface area contributed by atoms with Crippen LogP contribution in [0.5, 0.6) is 11.5 Å². The van der Waals surface area contributed by atoms with E-state index >= 15 is 0 Å². The van der Waals surface area contributed by atoms with Gasteiger partial charge >= 0.3 is 0 Å². The van der Waals surface area contributed by atoms with Crippen molar-refractivity contribution in [2.24, 2.45) is 0 Å². The molecule has 0 unspecified atom stereocenters. The van der Waals surface area contributed by atoms with Crippen LogP contribution in [0.4, 0.5) is 5.82 Å². The van der Waals surface area contributed by atoms with Crippen LogP contribution in [0.2, 0.25) is 0 Å². The minimum atomic E-state index is -0.494. The number of fused-ring (bicyclic) bond motifs is 1. The monoisotopic (exact) mass is 371 g/mol. The van der Waals surface area contributed by atoms with Crippen LogP contribution in [0.3, 0.4) is 0 Å². The van der Waals surface area contributed by atoms with Crippen LogP contribution in [-0.4, -0.2) is 35.8 Å². The van der Waals surface area contributed by atoms with E-state index < -0.39 is 5.92 Å². The first-order valence-corrected chi connectivity index (χ1v) is 8.78. The van der Waals surface area contributed by atoms with Crippen LogP contribution < -0.4 is 20.3 Å². The van der Waals surface area contributed by atoms with Crippen LogP contribution in [0, 0.1) is 12.3 Å². The molecule has 0 saturated heterocycles. The van der Waals surface area contributed by atoms with Gasteiger partial charge in [-0.05, 0) is 6.07 Å². The molecule has 0 fully saturated rings. The van der Waals surface area contributed by atoms with Crippen LogP contribution in [0.1, 0.15) is 23.5 Å². The normalized spacial score (nSPS) is 15.6. The van der Waals surface area contributed by atoms with E-state index in [1.54, 1.807) is 12.1 Å². The third-order valence-corrected chi connectivity index (χ3v) is 4.81. The maximum absolute atomic E-state index is 12.7. The van der Waals surface area contributed by atoms with Crippen LogP contribution in [-0.2, 0) is 4.79 Å². The molecule has 3 rings (SSSR count). The summed E-state index contributed by atoms with van der Waals surface area (Å²) in [6, 6.07) is 5.37. The number of anilines is 1. The predicted molar refractivity (Wildman–Crippen MR) is 99.1 cm³/mol. The third kappa shape index (κ3) is 3.26. The Hall–Kier alpha value is -2.92. The van der Waals surface area contributed by atoms with Gasteiger partial charge in [0.2, 0.25) is 5.91 Å². The molecule has 0 bridgehead atoms. The van der Waals surface area contributed by atoms with E-state index in [4.69, 9.17) is 15.9 Å². The van der Waals surface area contributed by atoms with E-state index in [9.17, 15) is 9.59 Å². The van der Waals surface area contributed by atoms with Crippen LogP contribution >= 0.6 is 11.8 Å². The molecular formula is C18H17N3O4S. The maximum Gasteiger partial charge on any atom is 0.257 e. The van der Waals surface area contributed by atoms with Crippen molar-refractivity contribution in [1.29, 1.82) is 0 Å². The third-order valence-electron chi connectivity index (χ3n) is 4.03. The quantitative estimate of drug-likeness (QED) is 0.474. The number of terminal acetylenes is 1. The Labute approximate surface area is 154 Å². The molecule has 1 atom stereocenters. The summed E-state index contributed by atoms with van der Waals surface area (Å²) in [7, 11) is 3.06. The lowest BCUT2D eigenvalue weighted by Gasteiger charge is -2.26. The number of aromatic nitrogens is 2. The summed E-state index contributed by atoms with van der Waals surface area (Å²) in [6.45, 7) is 0. The van der Waals surface area contributed by atoms with E-state index in [0.29, 0.717) is 33.5 Å². The van der Waals surface area contributed by atoms with Gasteiger partial charge in [-0.2, -0.15) is 0 Å². The number of carbonyl (C=O) groups is 1. The van der Waals surface area contributed by atoms with E-state index in [1.807, 2.05) is 6.07 Å². The van der Waals surface area contributed by atoms with E-state index in [-0.39, 0.29) is 23.7 Å². The summed E-state index contributed by atoms with van der Waals surface area (Å²) in [6.07, 6.45) is 5.35. The lowest BCUT2D eigenvalue weighted by molar-refractivity contribution is -0.116. The van der Waals surface area contributed by atoms with Gasteiger partial charge in [0.1, 0.15) is 5.82 Å². The van der Waals surface area contributed by atoms with E-state index in [1.165, 1.54) is 26.0 Å². The fourth-order valence-corrected chi connectivity index (χ4v) is 3.52. The first-order chi connectivity index (χ1) is 12.6. The van der Waals surface area contributed by atoms with Crippen molar-refractivity contribution in [3.05, 3.63) is 39.7 Å². The molecule has 1 amide bonds. The molecular weight excluding hydrogens is 354 g/mol. The zero-order valence-corrected chi connectivity index (χ0v) is 15.1. The molecule has 26 heavy (non-hydrogen) atoms. The second kappa shape index (κ2) is 7.54. The Morgan fingerprint density at radius 2 is 2.15 bits per heavy atom. The van der Waals surface area contributed by atoms with Crippen molar-refractivity contribution >= 4 is 23.5 Å². The molecule has 1 aliphatic rings. The Balaban J connectivity index is 2.15. The summed E-state index contributed by atoms with van der Waals surface area (Å²) < 4.78 is 10.8. The average molecular weight is 371 g/mol. The molecule has 1 aliphatic heterocycles. The molecule has 2 heterocycles. The summed E-state index contributed by atoms with van der Waals surface area (Å²) in [4.78, 5) is 32.0. The van der Waals surface area contributed by atoms with E-state index in [0.717, 1.165) is 0 Å². The van der Waals surface area contributed by atoms with Gasteiger partial charge in [0, 0.05) is 17.9 Å². The Kier molecular flexibility index (Phi) is 5.19. The molecule has 0 radical (unpaired) electrons. The number of benzene rings is 1. The maximum atomic E-state index is 12.7. The van der Waals surface area contributed by atoms with Gasteiger partial charge in [0.05, 0.1) is 25.5 Å². The number of nitrogens with zero attached hydrogens (tertiary/aromatic N) is 1. The van der Waals surface area contributed by atoms with Crippen molar-refractivity contribution in [1.82, 2.24) is 9.97 Å². The highest BCUT2D eigenvalue weighted by Crippen LogP contribution is 2.42. The molecule has 7 nitrogen and oxygen atoms in total. The number of carbonyl (C=O) groups excluding carboxylic acids is 1. The number of methoxy groups -OCH3 is 2. The largest absolute Gasteiger partial charge is 0.493 e. The van der Waals surface area contributed by atoms with Crippen molar-refractivity contribution in [2.75, 3.05) is 25.3 Å². The Morgan fingerprint density at radius 3 is 2.85 bits per heavy atom. The minimum absolute atomic E-state index is 0.109. The molecule has 2 N–H and O–H groups in total. The van der Waals surface area contributed by atoms with Gasteiger partial charge in [-0.1, -0.05) is 29.8 Å². The number of ether oxygens (including phenoxy) is 2. The fraction of sp³-hybridized carbons (Fsp3) is 0.278. The number of rotatable bonds is 5. The number of amides is 1. The average Bonchev–Trinajstić information content (AvgIpc) is 2.64. The van der Waals surface area contributed by atoms with Gasteiger partial charge in [-0.25, -0.2) is 4.98 Å². The predicted octanol–water partition coefficient (Wildman–Crippen LogP) is 1.99. The number of H-pyrrole nitrogens is 1. The zero-order chi connectivity index (χ0) is 18.7. The number of para-hydroxylation sites is 1. The first-order valence-electron chi connectivity index (χ1n) is 7.80. The summed E-state index contributed by atoms with van der Waals surface area (Å²) in [5, 5.41) is 3.04. The lowest BCUT2D eigenvalue weighted by Crippen LogP contribution is -2.31. The molecule has 2 aromatic rings. The fourth-order valence-electron chi connectivity index (χ4n) is 2.98. The number of nitrogens with one attached hydrogen (secondary N) is 2. The Morgan fingerprint density at radius 1 is 1.35 bits per heavy atom. The smallest absolute Gasteiger partial charge is 0.257 e. The second-order valence-electron chi connectivity index (χ2n) is 5.51. The summed E-state index contributed by atoms with van der Waals surface area (Å²) >= 11 is 1.22. The van der Waals surface area contributed by atoms with Crippen molar-refractivity contribution in [2.45, 2.75) is 17.5 Å². The Bertz CT molecular complexity index is 948. The molecule has 0 saturated carbocycles. The molecule has 1 aromatic heterocycles. The first kappa shape index (κ1) is 17.9. The van der Waals surface area contributed by atoms with Gasteiger partial charge in [0.25, 0.3) is 5.56 Å². The molecule has 0 spiro atoms. The highest BCUT2D eigenvalue weighted by Gasteiger charge is 2.33. The highest BCUT2D eigenvalue weighted by atomic mass is 32.2. The SMILES string of the molecule is C#CCSc1nc2c(c(=O)[nH]1)[C@@H](c1cccc(OC)c1OC)CC(=O)N2. The molecule has 0 aliphatic carbocycles. The van der Waals surface area contributed by atoms with Crippen LogP contribution in [0.25, 0.3) is 0 Å². The molecule has 1 aromatic carbocycles. The number of thioether (sulfide) groups is 1. The summed E-state index contributed by atoms with van der Waals surface area (Å²) in [5.41, 5.74) is 0.768. The van der Waals surface area contributed by atoms with Gasteiger partial charge in [-0.15, -0.1) is 6.42 Å². The topological polar surface area (TPSA) is 93.3 Å². The van der Waals surface area contributed by atoms with Gasteiger partial charge < -0.3 is 19.8 Å². The molecule has 134 valence electrons. The standard InChI is InChI=1S/C18H17N3O4S/c1-4-8-26-18-20-16-14(17(23)21-18)11(9-13(22)19-16)10-6-5-7-12(24-2)15(10)25-3/h1,5-7,11H,8-9H2,2-3H3,(H2,19,20,21,22,23)/t11-/m1/s1. The number of hydrogen-bond acceptors (Lipinski definition) is 6. The highest BCUT2D eigenvalue weighted by molar-refractivity contribution is 7.99. The van der Waals surface area contributed by atoms with Gasteiger partial charge in [-0.3, -0.25) is 9.59 Å². The lowest BCUT2D eigenvalue weighted by atomic mass is 9.86. The number of aromatic amines is 1. The zero-order valence-electron chi connectivity index (χ0n) is 14.3. The van der Waals surface area contributed by atoms with Crippen molar-refractivity contribution in [3.63, 3.8) is 0 Å². The van der Waals surface area contributed by atoms with E-state index in [2.05, 4.69) is 21.2 Å². The van der Waals surface area contributed by atoms with Crippen molar-refractivity contribution in [3.8, 4) is 23.8 Å². The molecule has 8 heteroatoms.